The number of anilines is 1. The fraction of sp³-hybridized carbons (Fsp3) is 0.667. The molecular weight excluding hydrogens is 393 g/mol. The monoisotopic (exact) mass is 422 g/mol. The van der Waals surface area contributed by atoms with Crippen molar-refractivity contribution < 1.29 is 13.2 Å². The smallest absolute Gasteiger partial charge is 0.386 e. The maximum absolute atomic E-state index is 12.8. The normalized spacial score (nSPS) is 22.2. The molecule has 1 aliphatic heterocycles. The lowest BCUT2D eigenvalue weighted by Crippen LogP contribution is -2.65. The highest BCUT2D eigenvalue weighted by atomic mass is 19.4. The van der Waals surface area contributed by atoms with E-state index in [0.29, 0.717) is 32.0 Å². The topological polar surface area (TPSA) is 93.0 Å². The van der Waals surface area contributed by atoms with Gasteiger partial charge in [-0.15, -0.1) is 0 Å². The summed E-state index contributed by atoms with van der Waals surface area (Å²) in [6, 6.07) is 4.90. The molecule has 1 saturated heterocycles. The number of rotatable bonds is 5. The van der Waals surface area contributed by atoms with Gasteiger partial charge in [-0.25, -0.2) is 4.98 Å². The average molecular weight is 422 g/mol. The number of aromatic nitrogens is 1. The van der Waals surface area contributed by atoms with E-state index in [2.05, 4.69) is 16.0 Å². The summed E-state index contributed by atoms with van der Waals surface area (Å²) >= 11 is 0. The van der Waals surface area contributed by atoms with Crippen molar-refractivity contribution in [1.82, 2.24) is 9.88 Å². The number of amidine groups is 1. The maximum Gasteiger partial charge on any atom is 0.417 e. The van der Waals surface area contributed by atoms with E-state index in [4.69, 9.17) is 11.1 Å². The zero-order valence-electron chi connectivity index (χ0n) is 17.3. The van der Waals surface area contributed by atoms with Crippen LogP contribution in [0, 0.1) is 28.6 Å². The molecule has 0 bridgehead atoms. The standard InChI is InChI=1S/C21H29F3N6/c1-20(19(26)27,17(13-25)15-5-3-2-4-6-15)30-11-9-29(10-12-30)18-8-7-16(14-28-18)21(22,23)24/h7-8,14-15,17H,2-6,9-12H2,1H3,(H3,26,27). The zero-order valence-corrected chi connectivity index (χ0v) is 17.3. The Hall–Kier alpha value is -2.34. The van der Waals surface area contributed by atoms with Crippen LogP contribution >= 0.6 is 0 Å². The lowest BCUT2D eigenvalue weighted by Gasteiger charge is -2.49. The van der Waals surface area contributed by atoms with E-state index in [1.54, 1.807) is 0 Å². The minimum atomic E-state index is -4.40. The average Bonchev–Trinajstić information content (AvgIpc) is 2.74. The summed E-state index contributed by atoms with van der Waals surface area (Å²) in [5.74, 6) is 0.371. The zero-order chi connectivity index (χ0) is 21.9. The number of hydrogen-bond acceptors (Lipinski definition) is 5. The number of piperazine rings is 1. The number of nitrogens with zero attached hydrogens (tertiary/aromatic N) is 4. The summed E-state index contributed by atoms with van der Waals surface area (Å²) in [5, 5.41) is 18.3. The third kappa shape index (κ3) is 4.38. The van der Waals surface area contributed by atoms with Gasteiger partial charge in [0.05, 0.1) is 23.1 Å². The Kier molecular flexibility index (Phi) is 6.56. The molecule has 2 unspecified atom stereocenters. The molecular formula is C21H29F3N6. The molecule has 1 aromatic heterocycles. The second-order valence-electron chi connectivity index (χ2n) is 8.44. The van der Waals surface area contributed by atoms with E-state index in [0.717, 1.165) is 37.9 Å². The summed E-state index contributed by atoms with van der Waals surface area (Å²) in [5.41, 5.74) is 4.43. The SMILES string of the molecule is CC(C(=N)N)(C(C#N)C1CCCCC1)N1CCN(c2ccc(C(F)(F)F)cn2)CC1. The molecule has 3 N–H and O–H groups in total. The number of nitrogens with one attached hydrogen (secondary N) is 1. The van der Waals surface area contributed by atoms with Gasteiger partial charge in [0.1, 0.15) is 11.7 Å². The van der Waals surface area contributed by atoms with E-state index in [1.807, 2.05) is 11.8 Å². The van der Waals surface area contributed by atoms with Crippen LogP contribution in [-0.4, -0.2) is 47.4 Å². The number of nitrogens with two attached hydrogens (primary N) is 1. The van der Waals surface area contributed by atoms with Crippen LogP contribution in [0.15, 0.2) is 18.3 Å². The minimum Gasteiger partial charge on any atom is -0.386 e. The van der Waals surface area contributed by atoms with E-state index in [1.165, 1.54) is 12.5 Å². The first-order valence-corrected chi connectivity index (χ1v) is 10.4. The Labute approximate surface area is 175 Å². The molecule has 0 radical (unpaired) electrons. The number of hydrogen-bond donors (Lipinski definition) is 2. The Morgan fingerprint density at radius 1 is 1.20 bits per heavy atom. The van der Waals surface area contributed by atoms with Crippen LogP contribution in [0.5, 0.6) is 0 Å². The van der Waals surface area contributed by atoms with Crippen molar-refractivity contribution in [3.63, 3.8) is 0 Å². The first-order valence-electron chi connectivity index (χ1n) is 10.4. The van der Waals surface area contributed by atoms with Gasteiger partial charge in [0, 0.05) is 32.4 Å². The molecule has 1 aliphatic carbocycles. The highest BCUT2D eigenvalue weighted by Crippen LogP contribution is 2.39. The summed E-state index contributed by atoms with van der Waals surface area (Å²) in [6.07, 6.45) is 1.81. The van der Waals surface area contributed by atoms with Crippen LogP contribution in [0.3, 0.4) is 0 Å². The lowest BCUT2D eigenvalue weighted by molar-refractivity contribution is -0.137. The van der Waals surface area contributed by atoms with E-state index in [9.17, 15) is 18.4 Å². The van der Waals surface area contributed by atoms with Gasteiger partial charge in [0.2, 0.25) is 0 Å². The van der Waals surface area contributed by atoms with Gasteiger partial charge in [-0.2, -0.15) is 18.4 Å². The summed E-state index contributed by atoms with van der Waals surface area (Å²) in [6.45, 7) is 4.10. The van der Waals surface area contributed by atoms with Crippen molar-refractivity contribution in [2.45, 2.75) is 50.7 Å². The second-order valence-corrected chi connectivity index (χ2v) is 8.44. The Bertz CT molecular complexity index is 773. The summed E-state index contributed by atoms with van der Waals surface area (Å²) in [7, 11) is 0. The molecule has 0 amide bonds. The summed E-state index contributed by atoms with van der Waals surface area (Å²) in [4.78, 5) is 8.01. The van der Waals surface area contributed by atoms with Gasteiger partial charge in [0.25, 0.3) is 0 Å². The molecule has 0 aromatic carbocycles. The Balaban J connectivity index is 1.72. The molecule has 164 valence electrons. The van der Waals surface area contributed by atoms with E-state index < -0.39 is 17.3 Å². The molecule has 1 saturated carbocycles. The van der Waals surface area contributed by atoms with Gasteiger partial charge >= 0.3 is 6.18 Å². The molecule has 1 aromatic rings. The van der Waals surface area contributed by atoms with Crippen LogP contribution < -0.4 is 10.6 Å². The largest absolute Gasteiger partial charge is 0.417 e. The number of halogens is 3. The van der Waals surface area contributed by atoms with Crippen molar-refractivity contribution in [2.75, 3.05) is 31.1 Å². The predicted molar refractivity (Wildman–Crippen MR) is 109 cm³/mol. The fourth-order valence-electron chi connectivity index (χ4n) is 4.83. The minimum absolute atomic E-state index is 0.000675. The van der Waals surface area contributed by atoms with E-state index in [-0.39, 0.29) is 17.7 Å². The fourth-order valence-corrected chi connectivity index (χ4v) is 4.83. The second kappa shape index (κ2) is 8.80. The van der Waals surface area contributed by atoms with Crippen LogP contribution in [-0.2, 0) is 6.18 Å². The Morgan fingerprint density at radius 3 is 2.30 bits per heavy atom. The number of alkyl halides is 3. The molecule has 2 atom stereocenters. The molecule has 2 heterocycles. The molecule has 9 heteroatoms. The first kappa shape index (κ1) is 22.3. The molecule has 3 rings (SSSR count). The number of nitriles is 1. The molecule has 2 aliphatic rings. The third-order valence-electron chi connectivity index (χ3n) is 6.75. The quantitative estimate of drug-likeness (QED) is 0.558. The van der Waals surface area contributed by atoms with Crippen LogP contribution in [0.4, 0.5) is 19.0 Å². The Morgan fingerprint density at radius 2 is 1.83 bits per heavy atom. The van der Waals surface area contributed by atoms with Crippen LogP contribution in [0.2, 0.25) is 0 Å². The third-order valence-corrected chi connectivity index (χ3v) is 6.75. The van der Waals surface area contributed by atoms with Gasteiger partial charge in [-0.3, -0.25) is 10.3 Å². The van der Waals surface area contributed by atoms with E-state index >= 15 is 0 Å². The van der Waals surface area contributed by atoms with Crippen molar-refractivity contribution >= 4 is 11.7 Å². The highest BCUT2D eigenvalue weighted by molar-refractivity contribution is 5.87. The maximum atomic E-state index is 12.8. The molecule has 2 fully saturated rings. The van der Waals surface area contributed by atoms with Crippen LogP contribution in [0.1, 0.15) is 44.6 Å². The van der Waals surface area contributed by atoms with Crippen molar-refractivity contribution in [3.8, 4) is 6.07 Å². The first-order chi connectivity index (χ1) is 14.2. The van der Waals surface area contributed by atoms with Crippen LogP contribution in [0.25, 0.3) is 0 Å². The molecule has 30 heavy (non-hydrogen) atoms. The van der Waals surface area contributed by atoms with Crippen molar-refractivity contribution in [1.29, 1.82) is 10.7 Å². The molecule has 0 spiro atoms. The van der Waals surface area contributed by atoms with Crippen molar-refractivity contribution in [2.24, 2.45) is 17.6 Å². The van der Waals surface area contributed by atoms with Gasteiger partial charge in [0.15, 0.2) is 0 Å². The van der Waals surface area contributed by atoms with Gasteiger partial charge < -0.3 is 10.6 Å². The van der Waals surface area contributed by atoms with Gasteiger partial charge in [-0.1, -0.05) is 19.3 Å². The highest BCUT2D eigenvalue weighted by Gasteiger charge is 2.47. The van der Waals surface area contributed by atoms with Gasteiger partial charge in [-0.05, 0) is 37.8 Å². The summed E-state index contributed by atoms with van der Waals surface area (Å²) < 4.78 is 38.3. The lowest BCUT2D eigenvalue weighted by atomic mass is 9.70. The number of pyridine rings is 1. The molecule has 6 nitrogen and oxygen atoms in total. The van der Waals surface area contributed by atoms with Crippen molar-refractivity contribution in [3.05, 3.63) is 23.9 Å². The predicted octanol–water partition coefficient (Wildman–Crippen LogP) is 3.64.